The summed E-state index contributed by atoms with van der Waals surface area (Å²) in [6.07, 6.45) is 0.559. The monoisotopic (exact) mass is 605 g/mol. The third-order valence-corrected chi connectivity index (χ3v) is 9.91. The number of nitrogens with one attached hydrogen (secondary N) is 2. The van der Waals surface area contributed by atoms with Crippen LogP contribution >= 0.6 is 0 Å². The summed E-state index contributed by atoms with van der Waals surface area (Å²) in [5.41, 5.74) is 0.510. The van der Waals surface area contributed by atoms with Crippen molar-refractivity contribution in [3.8, 4) is 11.1 Å². The summed E-state index contributed by atoms with van der Waals surface area (Å²) in [6.45, 7) is 10.6. The minimum Gasteiger partial charge on any atom is -0.598 e. The number of aryl methyl sites for hydroxylation is 1. The van der Waals surface area contributed by atoms with Crippen LogP contribution in [0.3, 0.4) is 0 Å². The van der Waals surface area contributed by atoms with E-state index in [0.29, 0.717) is 16.7 Å². The molecule has 3 N–H and O–H groups in total. The van der Waals surface area contributed by atoms with Gasteiger partial charge in [-0.25, -0.2) is 17.6 Å². The number of benzene rings is 2. The smallest absolute Gasteiger partial charge is 0.405 e. The van der Waals surface area contributed by atoms with Gasteiger partial charge in [0.1, 0.15) is 10.6 Å². The molecule has 1 heterocycles. The highest BCUT2D eigenvalue weighted by Crippen LogP contribution is 2.37. The van der Waals surface area contributed by atoms with Gasteiger partial charge in [-0.3, -0.25) is 4.79 Å². The Hall–Kier alpha value is -3.19. The third kappa shape index (κ3) is 7.76. The lowest BCUT2D eigenvalue weighted by molar-refractivity contribution is 0.182. The number of halogens is 1. The van der Waals surface area contributed by atoms with Crippen LogP contribution < -0.4 is 15.6 Å². The second kappa shape index (κ2) is 12.0. The minimum atomic E-state index is -4.17. The molecule has 222 valence electrons. The van der Waals surface area contributed by atoms with E-state index < -0.39 is 49.4 Å². The molecule has 1 unspecified atom stereocenters. The lowest BCUT2D eigenvalue weighted by atomic mass is 9.91. The maximum Gasteiger partial charge on any atom is 0.405 e. The minimum absolute atomic E-state index is 0.0825. The van der Waals surface area contributed by atoms with Crippen molar-refractivity contribution in [1.82, 2.24) is 14.6 Å². The first-order valence-corrected chi connectivity index (χ1v) is 15.5. The van der Waals surface area contributed by atoms with Crippen LogP contribution in [0.5, 0.6) is 0 Å². The summed E-state index contributed by atoms with van der Waals surface area (Å²) in [5.74, 6) is -0.584. The van der Waals surface area contributed by atoms with E-state index in [9.17, 15) is 32.1 Å². The number of carboxylic acid groups (broad SMARTS) is 1. The van der Waals surface area contributed by atoms with Gasteiger partial charge in [0.25, 0.3) is 5.56 Å². The quantitative estimate of drug-likeness (QED) is 0.237. The molecule has 1 aromatic heterocycles. The van der Waals surface area contributed by atoms with E-state index in [-0.39, 0.29) is 27.3 Å². The predicted octanol–water partition coefficient (Wildman–Crippen LogP) is 4.73. The first kappa shape index (κ1) is 32.3. The maximum atomic E-state index is 13.9. The Morgan fingerprint density at radius 2 is 1.68 bits per heavy atom. The van der Waals surface area contributed by atoms with Crippen LogP contribution in [0.2, 0.25) is 0 Å². The van der Waals surface area contributed by atoms with Gasteiger partial charge in [-0.15, -0.1) is 4.72 Å². The molecule has 0 saturated heterocycles. The Bertz CT molecular complexity index is 1600. The van der Waals surface area contributed by atoms with Crippen molar-refractivity contribution >= 4 is 27.3 Å². The summed E-state index contributed by atoms with van der Waals surface area (Å²) in [6, 6.07) is 9.93. The van der Waals surface area contributed by atoms with Gasteiger partial charge in [-0.05, 0) is 95.5 Å². The number of nitrogens with zero attached hydrogens (tertiary/aromatic N) is 1. The summed E-state index contributed by atoms with van der Waals surface area (Å²) in [7, 11) is -2.63. The van der Waals surface area contributed by atoms with Crippen LogP contribution in [0.4, 0.5) is 9.18 Å². The Kier molecular flexibility index (Phi) is 9.43. The van der Waals surface area contributed by atoms with E-state index in [4.69, 9.17) is 0 Å². The number of carbonyl (C=O) groups is 1. The molecular formula is C29H36FN3O6S2. The van der Waals surface area contributed by atoms with Crippen LogP contribution in [0.25, 0.3) is 11.1 Å². The van der Waals surface area contributed by atoms with Gasteiger partial charge in [0.2, 0.25) is 9.84 Å². The van der Waals surface area contributed by atoms with E-state index in [1.165, 1.54) is 35.0 Å². The highest BCUT2D eigenvalue weighted by atomic mass is 32.2. The molecule has 0 fully saturated rings. The van der Waals surface area contributed by atoms with Gasteiger partial charge in [0, 0.05) is 47.3 Å². The largest absolute Gasteiger partial charge is 0.598 e. The average Bonchev–Trinajstić information content (AvgIpc) is 2.83. The standard InChI is InChI=1S/C29H36FN3O6S2/c1-18(32-40(37)28(2,3)4)22-15-26(34)33(7)17-24(22)23-14-19(16-29(5,6)31-27(35)36)8-13-25(23)41(38,39)21-11-9-20(30)10-12-21/h8-15,17-18,31-32H,16H2,1-7H3,(H,35,36)/t18-,40?/m0/s1. The fourth-order valence-corrected chi connectivity index (χ4v) is 6.60. The van der Waals surface area contributed by atoms with Crippen molar-refractivity contribution in [2.24, 2.45) is 7.05 Å². The molecule has 9 nitrogen and oxygen atoms in total. The van der Waals surface area contributed by atoms with Crippen LogP contribution in [0.1, 0.15) is 58.7 Å². The normalized spacial score (nSPS) is 14.0. The van der Waals surface area contributed by atoms with E-state index in [1.54, 1.807) is 60.7 Å². The zero-order chi connectivity index (χ0) is 30.9. The predicted molar refractivity (Wildman–Crippen MR) is 157 cm³/mol. The summed E-state index contributed by atoms with van der Waals surface area (Å²) >= 11 is -1.50. The molecule has 12 heteroatoms. The Morgan fingerprint density at radius 3 is 2.24 bits per heavy atom. The maximum absolute atomic E-state index is 13.9. The van der Waals surface area contributed by atoms with E-state index in [2.05, 4.69) is 10.0 Å². The molecule has 0 saturated carbocycles. The van der Waals surface area contributed by atoms with Gasteiger partial charge < -0.3 is 19.5 Å². The molecular weight excluding hydrogens is 569 g/mol. The highest BCUT2D eigenvalue weighted by molar-refractivity contribution is 7.91. The number of amides is 1. The Balaban J connectivity index is 2.30. The number of sulfone groups is 1. The number of pyridine rings is 1. The SMILES string of the molecule is C[C@H](N[S+]([O-])C(C)(C)C)c1cc(=O)n(C)cc1-c1cc(CC(C)(C)NC(=O)O)ccc1S(=O)(=O)c1ccc(F)cc1. The van der Waals surface area contributed by atoms with Gasteiger partial charge in [-0.1, -0.05) is 6.07 Å². The lowest BCUT2D eigenvalue weighted by Crippen LogP contribution is -2.44. The zero-order valence-electron chi connectivity index (χ0n) is 24.1. The van der Waals surface area contributed by atoms with Crippen LogP contribution in [0, 0.1) is 5.82 Å². The molecule has 2 atom stereocenters. The first-order valence-electron chi connectivity index (χ1n) is 12.9. The molecule has 2 aromatic carbocycles. The molecule has 0 aliphatic heterocycles. The van der Waals surface area contributed by atoms with Gasteiger partial charge in [0.05, 0.1) is 15.8 Å². The van der Waals surface area contributed by atoms with E-state index in [1.807, 2.05) is 0 Å². The van der Waals surface area contributed by atoms with Gasteiger partial charge >= 0.3 is 6.09 Å². The fourth-order valence-electron chi connectivity index (χ4n) is 4.35. The van der Waals surface area contributed by atoms with Crippen molar-refractivity contribution in [1.29, 1.82) is 0 Å². The first-order chi connectivity index (χ1) is 18.8. The highest BCUT2D eigenvalue weighted by Gasteiger charge is 2.31. The average molecular weight is 606 g/mol. The molecule has 0 radical (unpaired) electrons. The molecule has 0 aliphatic carbocycles. The third-order valence-electron chi connectivity index (χ3n) is 6.41. The van der Waals surface area contributed by atoms with Crippen molar-refractivity contribution in [3.05, 3.63) is 82.0 Å². The summed E-state index contributed by atoms with van der Waals surface area (Å²) in [4.78, 5) is 23.9. The molecule has 3 aromatic rings. The second-order valence-electron chi connectivity index (χ2n) is 11.6. The van der Waals surface area contributed by atoms with Gasteiger partial charge in [-0.2, -0.15) is 0 Å². The Morgan fingerprint density at radius 1 is 1.07 bits per heavy atom. The molecule has 1 amide bonds. The van der Waals surface area contributed by atoms with E-state index in [0.717, 1.165) is 12.1 Å². The molecule has 0 spiro atoms. The van der Waals surface area contributed by atoms with E-state index >= 15 is 0 Å². The number of aromatic nitrogens is 1. The number of hydrogen-bond donors (Lipinski definition) is 3. The van der Waals surface area contributed by atoms with Crippen molar-refractivity contribution in [3.63, 3.8) is 0 Å². The topological polar surface area (TPSA) is 141 Å². The molecule has 3 rings (SSSR count). The van der Waals surface area contributed by atoms with Crippen LogP contribution in [0.15, 0.2) is 69.3 Å². The van der Waals surface area contributed by atoms with Crippen molar-refractivity contribution in [2.75, 3.05) is 0 Å². The summed E-state index contributed by atoms with van der Waals surface area (Å²) in [5, 5.41) is 11.7. The summed E-state index contributed by atoms with van der Waals surface area (Å²) < 4.78 is 58.0. The number of hydrogen-bond acceptors (Lipinski definition) is 6. The Labute approximate surface area is 243 Å². The molecule has 41 heavy (non-hydrogen) atoms. The van der Waals surface area contributed by atoms with Gasteiger partial charge in [0.15, 0.2) is 0 Å². The molecule has 0 bridgehead atoms. The number of rotatable bonds is 9. The zero-order valence-corrected chi connectivity index (χ0v) is 25.7. The van der Waals surface area contributed by atoms with Crippen molar-refractivity contribution < 1.29 is 27.3 Å². The van der Waals surface area contributed by atoms with Crippen LogP contribution in [-0.2, 0) is 34.7 Å². The van der Waals surface area contributed by atoms with Crippen molar-refractivity contribution in [2.45, 2.75) is 74.1 Å². The fraction of sp³-hybridized carbons (Fsp3) is 0.379. The van der Waals surface area contributed by atoms with Crippen LogP contribution in [-0.4, -0.2) is 39.0 Å². The second-order valence-corrected chi connectivity index (χ2v) is 15.5. The lowest BCUT2D eigenvalue weighted by Gasteiger charge is -2.28. The molecule has 0 aliphatic rings.